The molecule has 0 aliphatic carbocycles. The van der Waals surface area contributed by atoms with Crippen LogP contribution in [-0.2, 0) is 4.74 Å². The average Bonchev–Trinajstić information content (AvgIpc) is 3.26. The lowest BCUT2D eigenvalue weighted by Gasteiger charge is -2.39. The van der Waals surface area contributed by atoms with Crippen molar-refractivity contribution in [3.8, 4) is 11.1 Å². The summed E-state index contributed by atoms with van der Waals surface area (Å²) in [6.45, 7) is 5.41. The second kappa shape index (κ2) is 8.65. The molecule has 2 aromatic carbocycles. The highest BCUT2D eigenvalue weighted by Gasteiger charge is 2.28. The third kappa shape index (κ3) is 4.14. The lowest BCUT2D eigenvalue weighted by Crippen LogP contribution is -2.46. The molecule has 1 fully saturated rings. The monoisotopic (exact) mass is 465 g/mol. The van der Waals surface area contributed by atoms with Crippen LogP contribution in [0.15, 0.2) is 60.9 Å². The van der Waals surface area contributed by atoms with Crippen molar-refractivity contribution in [1.29, 1.82) is 0 Å². The summed E-state index contributed by atoms with van der Waals surface area (Å²) in [7, 11) is 1.85. The molecule has 2 aromatic heterocycles. The van der Waals surface area contributed by atoms with Gasteiger partial charge in [0.1, 0.15) is 17.3 Å². The maximum atomic E-state index is 15.9. The summed E-state index contributed by atoms with van der Waals surface area (Å²) in [5.41, 5.74) is 3.61. The highest BCUT2D eigenvalue weighted by atomic mass is 35.5. The fourth-order valence-corrected chi connectivity index (χ4v) is 4.75. The van der Waals surface area contributed by atoms with Gasteiger partial charge in [-0.25, -0.2) is 9.37 Å². The van der Waals surface area contributed by atoms with Crippen molar-refractivity contribution in [3.63, 3.8) is 0 Å². The van der Waals surface area contributed by atoms with Gasteiger partial charge in [0.05, 0.1) is 24.1 Å². The Hall–Kier alpha value is -3.16. The van der Waals surface area contributed by atoms with Crippen molar-refractivity contribution in [2.45, 2.75) is 26.1 Å². The molecule has 0 N–H and O–H groups in total. The molecule has 0 amide bonds. The fraction of sp³-hybridized carbons (Fsp3) is 0.280. The van der Waals surface area contributed by atoms with Crippen molar-refractivity contribution in [1.82, 2.24) is 14.6 Å². The fourth-order valence-electron chi connectivity index (χ4n) is 4.56. The van der Waals surface area contributed by atoms with E-state index in [0.717, 1.165) is 22.6 Å². The predicted molar refractivity (Wildman–Crippen MR) is 130 cm³/mol. The third-order valence-corrected chi connectivity index (χ3v) is 6.15. The van der Waals surface area contributed by atoms with Gasteiger partial charge in [-0.15, -0.1) is 0 Å². The molecular formula is C25H25ClFN5O. The Bertz CT molecular complexity index is 1300. The summed E-state index contributed by atoms with van der Waals surface area (Å²) in [4.78, 5) is 8.37. The summed E-state index contributed by atoms with van der Waals surface area (Å²) in [5, 5.41) is 4.99. The maximum Gasteiger partial charge on any atom is 0.157 e. The number of fused-ring (bicyclic) bond motifs is 1. The van der Waals surface area contributed by atoms with Gasteiger partial charge in [-0.3, -0.25) is 0 Å². The minimum atomic E-state index is -0.325. The predicted octanol–water partition coefficient (Wildman–Crippen LogP) is 5.57. The molecule has 5 rings (SSSR count). The van der Waals surface area contributed by atoms with Crippen molar-refractivity contribution < 1.29 is 9.13 Å². The number of hydrogen-bond acceptors (Lipinski definition) is 5. The van der Waals surface area contributed by atoms with Crippen LogP contribution in [0.5, 0.6) is 0 Å². The van der Waals surface area contributed by atoms with Crippen LogP contribution in [0.25, 0.3) is 16.8 Å². The number of ether oxygens (including phenoxy) is 1. The second-order valence-electron chi connectivity index (χ2n) is 8.46. The molecule has 1 saturated heterocycles. The van der Waals surface area contributed by atoms with E-state index >= 15 is 4.39 Å². The number of nitrogens with zero attached hydrogens (tertiary/aromatic N) is 5. The highest BCUT2D eigenvalue weighted by molar-refractivity contribution is 6.30. The molecule has 170 valence electrons. The SMILES string of the molecule is CC1CN(c2cc(-c3cccc(Cl)c3)cc(F)c2N(C)c2ccnc3ccnn23)CC(C)O1. The van der Waals surface area contributed by atoms with Gasteiger partial charge in [0.25, 0.3) is 0 Å². The van der Waals surface area contributed by atoms with E-state index in [0.29, 0.717) is 29.4 Å². The normalized spacial score (nSPS) is 18.6. The molecule has 2 atom stereocenters. The van der Waals surface area contributed by atoms with Gasteiger partial charge >= 0.3 is 0 Å². The van der Waals surface area contributed by atoms with E-state index in [-0.39, 0.29) is 18.0 Å². The zero-order chi connectivity index (χ0) is 23.1. The van der Waals surface area contributed by atoms with Crippen molar-refractivity contribution in [3.05, 3.63) is 71.8 Å². The van der Waals surface area contributed by atoms with Gasteiger partial charge in [0.2, 0.25) is 0 Å². The van der Waals surface area contributed by atoms with E-state index in [4.69, 9.17) is 16.3 Å². The van der Waals surface area contributed by atoms with E-state index < -0.39 is 0 Å². The van der Waals surface area contributed by atoms with E-state index in [1.807, 2.05) is 68.3 Å². The zero-order valence-electron chi connectivity index (χ0n) is 18.7. The zero-order valence-corrected chi connectivity index (χ0v) is 19.5. The van der Waals surface area contributed by atoms with Gasteiger partial charge in [-0.1, -0.05) is 23.7 Å². The number of anilines is 3. The smallest absolute Gasteiger partial charge is 0.157 e. The quantitative estimate of drug-likeness (QED) is 0.394. The summed E-state index contributed by atoms with van der Waals surface area (Å²) in [6.07, 6.45) is 3.46. The van der Waals surface area contributed by atoms with Crippen LogP contribution in [0.1, 0.15) is 13.8 Å². The molecule has 1 aliphatic heterocycles. The maximum absolute atomic E-state index is 15.9. The van der Waals surface area contributed by atoms with Crippen LogP contribution < -0.4 is 9.80 Å². The molecular weight excluding hydrogens is 441 g/mol. The molecule has 1 aliphatic rings. The number of halogens is 2. The Kier molecular flexibility index (Phi) is 5.68. The lowest BCUT2D eigenvalue weighted by atomic mass is 10.0. The van der Waals surface area contributed by atoms with Crippen LogP contribution in [0, 0.1) is 5.82 Å². The van der Waals surface area contributed by atoms with Crippen LogP contribution in [0.2, 0.25) is 5.02 Å². The first-order valence-electron chi connectivity index (χ1n) is 10.9. The summed E-state index contributed by atoms with van der Waals surface area (Å²) in [5.74, 6) is 0.393. The van der Waals surface area contributed by atoms with Crippen LogP contribution in [0.3, 0.4) is 0 Å². The first-order chi connectivity index (χ1) is 15.9. The Morgan fingerprint density at radius 1 is 1.03 bits per heavy atom. The van der Waals surface area contributed by atoms with Crippen molar-refractivity contribution in [2.24, 2.45) is 0 Å². The lowest BCUT2D eigenvalue weighted by molar-refractivity contribution is -0.00519. The molecule has 0 spiro atoms. The summed E-state index contributed by atoms with van der Waals surface area (Å²) < 4.78 is 23.6. The average molecular weight is 466 g/mol. The van der Waals surface area contributed by atoms with Crippen LogP contribution >= 0.6 is 11.6 Å². The Morgan fingerprint density at radius 3 is 2.58 bits per heavy atom. The molecule has 3 heterocycles. The van der Waals surface area contributed by atoms with Gasteiger partial charge in [0.15, 0.2) is 5.65 Å². The Morgan fingerprint density at radius 2 is 1.82 bits per heavy atom. The first-order valence-corrected chi connectivity index (χ1v) is 11.3. The van der Waals surface area contributed by atoms with Crippen LogP contribution in [-0.4, -0.2) is 46.9 Å². The largest absolute Gasteiger partial charge is 0.372 e. The Labute approximate surface area is 197 Å². The highest BCUT2D eigenvalue weighted by Crippen LogP contribution is 2.40. The molecule has 0 saturated carbocycles. The van der Waals surface area contributed by atoms with Gasteiger partial charge in [-0.2, -0.15) is 9.61 Å². The minimum Gasteiger partial charge on any atom is -0.372 e. The summed E-state index contributed by atoms with van der Waals surface area (Å²) >= 11 is 6.22. The first kappa shape index (κ1) is 21.7. The molecule has 8 heteroatoms. The second-order valence-corrected chi connectivity index (χ2v) is 8.90. The minimum absolute atomic E-state index is 0.0311. The topological polar surface area (TPSA) is 45.9 Å². The van der Waals surface area contributed by atoms with Crippen molar-refractivity contribution >= 4 is 34.4 Å². The summed E-state index contributed by atoms with van der Waals surface area (Å²) in [6, 6.07) is 14.7. The van der Waals surface area contributed by atoms with E-state index in [1.54, 1.807) is 23.0 Å². The molecule has 0 radical (unpaired) electrons. The molecule has 33 heavy (non-hydrogen) atoms. The number of rotatable bonds is 4. The van der Waals surface area contributed by atoms with E-state index in [9.17, 15) is 0 Å². The van der Waals surface area contributed by atoms with Crippen LogP contribution in [0.4, 0.5) is 21.6 Å². The van der Waals surface area contributed by atoms with Gasteiger partial charge in [-0.05, 0) is 55.3 Å². The number of hydrogen-bond donors (Lipinski definition) is 0. The van der Waals surface area contributed by atoms with Gasteiger partial charge in [0, 0.05) is 37.4 Å². The standard InChI is InChI=1S/C25H25ClFN5O/c1-16-14-31(15-17(2)33-16)22-13-19(18-5-4-6-20(26)11-18)12-21(27)25(22)30(3)24-8-9-28-23-7-10-29-32(23)24/h4-13,16-17H,14-15H2,1-3H3. The van der Waals surface area contributed by atoms with Gasteiger partial charge < -0.3 is 14.5 Å². The number of morpholine rings is 1. The van der Waals surface area contributed by atoms with Crippen molar-refractivity contribution in [2.75, 3.05) is 29.9 Å². The Balaban J connectivity index is 1.68. The number of benzene rings is 2. The van der Waals surface area contributed by atoms with E-state index in [1.165, 1.54) is 0 Å². The molecule has 0 bridgehead atoms. The molecule has 2 unspecified atom stereocenters. The third-order valence-electron chi connectivity index (χ3n) is 5.91. The molecule has 6 nitrogen and oxygen atoms in total. The number of aromatic nitrogens is 3. The van der Waals surface area contributed by atoms with E-state index in [2.05, 4.69) is 15.0 Å². The molecule has 4 aromatic rings.